The monoisotopic (exact) mass is 307 g/mol. The molecule has 1 aliphatic rings. The van der Waals surface area contributed by atoms with Gasteiger partial charge in [-0.3, -0.25) is 4.79 Å². The Bertz CT molecular complexity index is 657. The van der Waals surface area contributed by atoms with Crippen molar-refractivity contribution in [2.24, 2.45) is 0 Å². The van der Waals surface area contributed by atoms with E-state index in [4.69, 9.17) is 0 Å². The number of hydrogen-bond acceptors (Lipinski definition) is 1. The highest BCUT2D eigenvalue weighted by molar-refractivity contribution is 5.95. The van der Waals surface area contributed by atoms with Gasteiger partial charge in [-0.25, -0.2) is 0 Å². The van der Waals surface area contributed by atoms with E-state index in [0.29, 0.717) is 6.04 Å². The maximum absolute atomic E-state index is 13.0. The first-order valence-electron chi connectivity index (χ1n) is 8.56. The van der Waals surface area contributed by atoms with E-state index >= 15 is 0 Å². The Morgan fingerprint density at radius 2 is 1.74 bits per heavy atom. The molecule has 2 aromatic rings. The zero-order valence-electron chi connectivity index (χ0n) is 14.1. The van der Waals surface area contributed by atoms with Crippen LogP contribution >= 0.6 is 0 Å². The number of likely N-dealkylation sites (tertiary alicyclic amines) is 1. The lowest BCUT2D eigenvalue weighted by Gasteiger charge is -2.36. The summed E-state index contributed by atoms with van der Waals surface area (Å²) in [7, 11) is 0. The van der Waals surface area contributed by atoms with E-state index in [1.165, 1.54) is 12.0 Å². The summed E-state index contributed by atoms with van der Waals surface area (Å²) in [5.74, 6) is 0.192. The second-order valence-corrected chi connectivity index (χ2v) is 6.71. The van der Waals surface area contributed by atoms with Crippen LogP contribution < -0.4 is 0 Å². The third kappa shape index (κ3) is 3.82. The second kappa shape index (κ2) is 6.99. The van der Waals surface area contributed by atoms with Gasteiger partial charge < -0.3 is 4.90 Å². The molecule has 0 saturated carbocycles. The van der Waals surface area contributed by atoms with Crippen molar-refractivity contribution in [3.63, 3.8) is 0 Å². The van der Waals surface area contributed by atoms with Gasteiger partial charge in [-0.15, -0.1) is 0 Å². The van der Waals surface area contributed by atoms with Crippen LogP contribution in [-0.4, -0.2) is 23.4 Å². The van der Waals surface area contributed by atoms with Gasteiger partial charge in [0.1, 0.15) is 0 Å². The zero-order chi connectivity index (χ0) is 16.2. The fraction of sp³-hybridized carbons (Fsp3) is 0.381. The summed E-state index contributed by atoms with van der Waals surface area (Å²) >= 11 is 0. The van der Waals surface area contributed by atoms with Gasteiger partial charge in [0.2, 0.25) is 0 Å². The minimum Gasteiger partial charge on any atom is -0.335 e. The van der Waals surface area contributed by atoms with Crippen LogP contribution in [0.4, 0.5) is 0 Å². The van der Waals surface area contributed by atoms with Gasteiger partial charge in [0.05, 0.1) is 0 Å². The molecule has 1 unspecified atom stereocenters. The Kier molecular flexibility index (Phi) is 4.80. The molecule has 1 saturated heterocycles. The maximum atomic E-state index is 13.0. The van der Waals surface area contributed by atoms with Crippen molar-refractivity contribution in [2.45, 2.75) is 45.6 Å². The molecule has 0 N–H and O–H groups in total. The van der Waals surface area contributed by atoms with Gasteiger partial charge in [0, 0.05) is 18.2 Å². The molecule has 1 heterocycles. The molecule has 1 fully saturated rings. The first-order chi connectivity index (χ1) is 11.1. The number of piperidine rings is 1. The summed E-state index contributed by atoms with van der Waals surface area (Å²) in [6.45, 7) is 4.99. The van der Waals surface area contributed by atoms with Crippen LogP contribution in [0.25, 0.3) is 0 Å². The number of aryl methyl sites for hydroxylation is 2. The maximum Gasteiger partial charge on any atom is 0.254 e. The summed E-state index contributed by atoms with van der Waals surface area (Å²) in [6, 6.07) is 17.0. The van der Waals surface area contributed by atoms with Crippen LogP contribution in [0.1, 0.15) is 46.3 Å². The lowest BCUT2D eigenvalue weighted by atomic mass is 9.94. The van der Waals surface area contributed by atoms with E-state index in [9.17, 15) is 4.79 Å². The van der Waals surface area contributed by atoms with Crippen LogP contribution in [0.3, 0.4) is 0 Å². The topological polar surface area (TPSA) is 20.3 Å². The Hall–Kier alpha value is -2.09. The molecule has 23 heavy (non-hydrogen) atoms. The molecule has 0 radical (unpaired) electrons. The van der Waals surface area contributed by atoms with Crippen molar-refractivity contribution in [2.75, 3.05) is 6.54 Å². The molecular formula is C21H25NO. The average Bonchev–Trinajstić information content (AvgIpc) is 2.55. The smallest absolute Gasteiger partial charge is 0.254 e. The van der Waals surface area contributed by atoms with Crippen molar-refractivity contribution < 1.29 is 4.79 Å². The van der Waals surface area contributed by atoms with Crippen molar-refractivity contribution in [1.29, 1.82) is 0 Å². The quantitative estimate of drug-likeness (QED) is 0.815. The number of rotatable bonds is 3. The summed E-state index contributed by atoms with van der Waals surface area (Å²) < 4.78 is 0. The van der Waals surface area contributed by atoms with E-state index in [1.54, 1.807) is 0 Å². The summed E-state index contributed by atoms with van der Waals surface area (Å²) in [6.07, 6.45) is 4.39. The third-order valence-electron chi connectivity index (χ3n) is 4.67. The van der Waals surface area contributed by atoms with Gasteiger partial charge in [0.15, 0.2) is 0 Å². The molecule has 120 valence electrons. The van der Waals surface area contributed by atoms with Gasteiger partial charge in [-0.05, 0) is 57.2 Å². The molecule has 1 aliphatic heterocycles. The van der Waals surface area contributed by atoms with E-state index in [1.807, 2.05) is 18.2 Å². The van der Waals surface area contributed by atoms with Gasteiger partial charge in [-0.1, -0.05) is 47.5 Å². The fourth-order valence-electron chi connectivity index (χ4n) is 3.63. The second-order valence-electron chi connectivity index (χ2n) is 6.71. The highest BCUT2D eigenvalue weighted by Gasteiger charge is 2.27. The van der Waals surface area contributed by atoms with E-state index in [0.717, 1.165) is 42.5 Å². The molecule has 0 bridgehead atoms. The van der Waals surface area contributed by atoms with Gasteiger partial charge in [-0.2, -0.15) is 0 Å². The number of nitrogens with zero attached hydrogens (tertiary/aromatic N) is 1. The molecule has 0 aliphatic carbocycles. The number of carbonyl (C=O) groups is 1. The van der Waals surface area contributed by atoms with Crippen molar-refractivity contribution >= 4 is 5.91 Å². The van der Waals surface area contributed by atoms with E-state index in [-0.39, 0.29) is 5.91 Å². The van der Waals surface area contributed by atoms with E-state index < -0.39 is 0 Å². The van der Waals surface area contributed by atoms with Crippen molar-refractivity contribution in [3.05, 3.63) is 70.8 Å². The van der Waals surface area contributed by atoms with Crippen LogP contribution in [0.2, 0.25) is 0 Å². The standard InChI is InChI=1S/C21H25NO/c1-16-12-17(2)14-19(13-16)21(23)22-11-7-6-10-20(22)15-18-8-4-3-5-9-18/h3-5,8-9,12-14,20H,6-7,10-11,15H2,1-2H3. The number of hydrogen-bond donors (Lipinski definition) is 0. The van der Waals surface area contributed by atoms with Crippen LogP contribution in [-0.2, 0) is 6.42 Å². The van der Waals surface area contributed by atoms with Gasteiger partial charge in [0.25, 0.3) is 5.91 Å². The molecule has 2 nitrogen and oxygen atoms in total. The predicted molar refractivity (Wildman–Crippen MR) is 94.7 cm³/mol. The summed E-state index contributed by atoms with van der Waals surface area (Å²) in [5.41, 5.74) is 4.47. The van der Waals surface area contributed by atoms with Crippen LogP contribution in [0.15, 0.2) is 48.5 Å². The SMILES string of the molecule is Cc1cc(C)cc(C(=O)N2CCCCC2Cc2ccccc2)c1. The Morgan fingerprint density at radius 3 is 2.43 bits per heavy atom. The average molecular weight is 307 g/mol. The predicted octanol–water partition coefficient (Wildman–Crippen LogP) is 4.54. The Labute approximate surface area is 139 Å². The lowest BCUT2D eigenvalue weighted by Crippen LogP contribution is -2.44. The zero-order valence-corrected chi connectivity index (χ0v) is 14.1. The molecule has 3 rings (SSSR count). The normalized spacial score (nSPS) is 18.0. The molecule has 0 aromatic heterocycles. The molecule has 2 aromatic carbocycles. The molecule has 1 amide bonds. The largest absolute Gasteiger partial charge is 0.335 e. The highest BCUT2D eigenvalue weighted by Crippen LogP contribution is 2.23. The Balaban J connectivity index is 1.81. The minimum atomic E-state index is 0.192. The summed E-state index contributed by atoms with van der Waals surface area (Å²) in [4.78, 5) is 15.1. The molecule has 0 spiro atoms. The lowest BCUT2D eigenvalue weighted by molar-refractivity contribution is 0.0613. The van der Waals surface area contributed by atoms with Crippen molar-refractivity contribution in [3.8, 4) is 0 Å². The van der Waals surface area contributed by atoms with Crippen LogP contribution in [0.5, 0.6) is 0 Å². The number of carbonyl (C=O) groups excluding carboxylic acids is 1. The third-order valence-corrected chi connectivity index (χ3v) is 4.67. The van der Waals surface area contributed by atoms with E-state index in [2.05, 4.69) is 49.1 Å². The first kappa shape index (κ1) is 15.8. The number of benzene rings is 2. The van der Waals surface area contributed by atoms with Gasteiger partial charge >= 0.3 is 0 Å². The number of amides is 1. The first-order valence-corrected chi connectivity index (χ1v) is 8.56. The summed E-state index contributed by atoms with van der Waals surface area (Å²) in [5, 5.41) is 0. The molecule has 1 atom stereocenters. The molecule has 2 heteroatoms. The Morgan fingerprint density at radius 1 is 1.04 bits per heavy atom. The fourth-order valence-corrected chi connectivity index (χ4v) is 3.63. The van der Waals surface area contributed by atoms with Crippen molar-refractivity contribution in [1.82, 2.24) is 4.90 Å². The minimum absolute atomic E-state index is 0.192. The highest BCUT2D eigenvalue weighted by atomic mass is 16.2. The van der Waals surface area contributed by atoms with Crippen LogP contribution in [0, 0.1) is 13.8 Å². The molecular weight excluding hydrogens is 282 g/mol.